The Bertz CT molecular complexity index is 2350. The van der Waals surface area contributed by atoms with E-state index in [1.54, 1.807) is 12.1 Å². The van der Waals surface area contributed by atoms with Crippen LogP contribution in [0.3, 0.4) is 0 Å². The molecule has 0 aliphatic carbocycles. The molecule has 2 unspecified atom stereocenters. The number of hydrogen-bond acceptors (Lipinski definition) is 7. The summed E-state index contributed by atoms with van der Waals surface area (Å²) in [7, 11) is 0. The average Bonchev–Trinajstić information content (AvgIpc) is 3.27. The molecule has 8 rings (SSSR count). The van der Waals surface area contributed by atoms with E-state index in [9.17, 15) is 4.79 Å². The number of benzene rings is 7. The molecule has 0 aromatic heterocycles. The summed E-state index contributed by atoms with van der Waals surface area (Å²) in [5, 5.41) is 0. The zero-order chi connectivity index (χ0) is 38.7. The number of rotatable bonds is 16. The van der Waals surface area contributed by atoms with Crippen LogP contribution < -0.4 is 23.7 Å². The van der Waals surface area contributed by atoms with Crippen molar-refractivity contribution >= 4 is 5.78 Å². The summed E-state index contributed by atoms with van der Waals surface area (Å²) in [6, 6.07) is 58.6. The van der Waals surface area contributed by atoms with Gasteiger partial charge in [-0.15, -0.1) is 0 Å². The third kappa shape index (κ3) is 9.53. The fourth-order valence-corrected chi connectivity index (χ4v) is 6.62. The van der Waals surface area contributed by atoms with Crippen LogP contribution in [0, 0.1) is 0 Å². The maximum absolute atomic E-state index is 14.9. The second kappa shape index (κ2) is 18.2. The van der Waals surface area contributed by atoms with Crippen molar-refractivity contribution in [3.05, 3.63) is 221 Å². The van der Waals surface area contributed by atoms with Crippen molar-refractivity contribution in [2.75, 3.05) is 0 Å². The van der Waals surface area contributed by atoms with Crippen molar-refractivity contribution in [2.24, 2.45) is 0 Å². The van der Waals surface area contributed by atoms with E-state index < -0.39 is 12.2 Å². The van der Waals surface area contributed by atoms with E-state index >= 15 is 0 Å². The van der Waals surface area contributed by atoms with E-state index in [0.29, 0.717) is 59.7 Å². The van der Waals surface area contributed by atoms with Crippen molar-refractivity contribution in [3.8, 4) is 28.7 Å². The number of carbonyl (C=O) groups excluding carboxylic acids is 1. The molecular weight excluding hydrogens is 713 g/mol. The van der Waals surface area contributed by atoms with Gasteiger partial charge >= 0.3 is 0 Å². The molecule has 57 heavy (non-hydrogen) atoms. The minimum atomic E-state index is -1.02. The van der Waals surface area contributed by atoms with Gasteiger partial charge in [-0.25, -0.2) is 0 Å². The minimum absolute atomic E-state index is 0.195. The Morgan fingerprint density at radius 2 is 0.860 bits per heavy atom. The van der Waals surface area contributed by atoms with Crippen LogP contribution in [0.1, 0.15) is 49.8 Å². The Morgan fingerprint density at radius 1 is 0.421 bits per heavy atom. The number of hydrogen-bond donors (Lipinski definition) is 0. The van der Waals surface area contributed by atoms with E-state index in [4.69, 9.17) is 28.4 Å². The number of Topliss-reactive ketones (excluding diaryl/α,β-unsaturated/α-hetero) is 1. The van der Waals surface area contributed by atoms with Gasteiger partial charge in [0.1, 0.15) is 49.2 Å². The predicted molar refractivity (Wildman–Crippen MR) is 219 cm³/mol. The van der Waals surface area contributed by atoms with Gasteiger partial charge in [0.25, 0.3) is 0 Å². The lowest BCUT2D eigenvalue weighted by molar-refractivity contribution is -0.0294. The van der Waals surface area contributed by atoms with Crippen LogP contribution in [0.4, 0.5) is 0 Å². The Hall–Kier alpha value is -6.83. The first-order valence-corrected chi connectivity index (χ1v) is 19.0. The van der Waals surface area contributed by atoms with Crippen LogP contribution in [0.15, 0.2) is 182 Å². The summed E-state index contributed by atoms with van der Waals surface area (Å²) in [6.45, 7) is 1.44. The lowest BCUT2D eigenvalue weighted by atomic mass is 9.92. The minimum Gasteiger partial charge on any atom is -0.489 e. The molecule has 7 aromatic rings. The summed E-state index contributed by atoms with van der Waals surface area (Å²) >= 11 is 0. The molecule has 1 aliphatic rings. The number of carbonyl (C=O) groups is 1. The van der Waals surface area contributed by atoms with Crippen LogP contribution in [0.2, 0.25) is 0 Å². The number of fused-ring (bicyclic) bond motifs is 1. The summed E-state index contributed by atoms with van der Waals surface area (Å²) in [4.78, 5) is 14.9. The first-order chi connectivity index (χ1) is 28.2. The van der Waals surface area contributed by atoms with E-state index in [2.05, 4.69) is 0 Å². The standard InChI is InChI=1S/C50H42O7/c51-48-47-45(55-34-39-22-12-4-13-23-39)29-42(52-31-36-16-6-1-7-17-36)30-46(47)57-49(50(48)56-35-40-24-14-5-15-25-40)41-26-27-43(53-32-37-18-8-2-9-19-37)44(28-41)54-33-38-20-10-3-11-21-38/h1-30,49-50H,31-35H2. The Morgan fingerprint density at radius 3 is 1.37 bits per heavy atom. The van der Waals surface area contributed by atoms with E-state index in [1.807, 2.05) is 170 Å². The van der Waals surface area contributed by atoms with Crippen molar-refractivity contribution in [2.45, 2.75) is 45.2 Å². The molecule has 0 saturated heterocycles. The highest BCUT2D eigenvalue weighted by Crippen LogP contribution is 2.45. The summed E-state index contributed by atoms with van der Waals surface area (Å²) < 4.78 is 38.9. The Kier molecular flexibility index (Phi) is 11.9. The van der Waals surface area contributed by atoms with Crippen molar-refractivity contribution in [1.29, 1.82) is 0 Å². The van der Waals surface area contributed by atoms with Crippen LogP contribution in [-0.4, -0.2) is 11.9 Å². The first-order valence-electron chi connectivity index (χ1n) is 19.0. The molecule has 0 radical (unpaired) electrons. The first kappa shape index (κ1) is 37.1. The molecule has 7 aromatic carbocycles. The highest BCUT2D eigenvalue weighted by Gasteiger charge is 2.42. The SMILES string of the molecule is O=C1c2c(OCc3ccccc3)cc(OCc3ccccc3)cc2OC(c2ccc(OCc3ccccc3)c(OCc3ccccc3)c2)C1OCc1ccccc1. The smallest absolute Gasteiger partial charge is 0.203 e. The third-order valence-electron chi connectivity index (χ3n) is 9.60. The molecule has 0 amide bonds. The van der Waals surface area contributed by atoms with Gasteiger partial charge in [0, 0.05) is 12.1 Å². The molecule has 0 spiro atoms. The topological polar surface area (TPSA) is 72.5 Å². The molecule has 0 N–H and O–H groups in total. The molecule has 0 saturated carbocycles. The molecule has 2 atom stereocenters. The zero-order valence-electron chi connectivity index (χ0n) is 31.4. The maximum Gasteiger partial charge on any atom is 0.203 e. The second-order valence-electron chi connectivity index (χ2n) is 13.7. The number of ketones is 1. The summed E-state index contributed by atoms with van der Waals surface area (Å²) in [6.07, 6.45) is -1.87. The largest absolute Gasteiger partial charge is 0.489 e. The highest BCUT2D eigenvalue weighted by molar-refractivity contribution is 6.06. The van der Waals surface area contributed by atoms with Crippen molar-refractivity contribution in [3.63, 3.8) is 0 Å². The molecule has 0 bridgehead atoms. The quantitative estimate of drug-likeness (QED) is 0.0972. The number of ether oxygens (including phenoxy) is 6. The molecule has 7 nitrogen and oxygen atoms in total. The van der Waals surface area contributed by atoms with Crippen molar-refractivity contribution < 1.29 is 33.2 Å². The molecule has 1 aliphatic heterocycles. The van der Waals surface area contributed by atoms with Crippen LogP contribution in [0.5, 0.6) is 28.7 Å². The summed E-state index contributed by atoms with van der Waals surface area (Å²) in [5.41, 5.74) is 5.91. The molecule has 1 heterocycles. The lowest BCUT2D eigenvalue weighted by Gasteiger charge is -2.34. The molecular formula is C50H42O7. The van der Waals surface area contributed by atoms with Gasteiger partial charge in [-0.1, -0.05) is 158 Å². The predicted octanol–water partition coefficient (Wildman–Crippen LogP) is 10.9. The van der Waals surface area contributed by atoms with Gasteiger partial charge in [-0.2, -0.15) is 0 Å². The Balaban J connectivity index is 1.16. The van der Waals surface area contributed by atoms with Gasteiger partial charge < -0.3 is 28.4 Å². The van der Waals surface area contributed by atoms with E-state index in [0.717, 1.165) is 27.8 Å². The zero-order valence-corrected chi connectivity index (χ0v) is 31.4. The van der Waals surface area contributed by atoms with E-state index in [1.165, 1.54) is 0 Å². The van der Waals surface area contributed by atoms with Gasteiger partial charge in [0.15, 0.2) is 23.7 Å². The monoisotopic (exact) mass is 754 g/mol. The maximum atomic E-state index is 14.9. The lowest BCUT2D eigenvalue weighted by Crippen LogP contribution is -2.38. The second-order valence-corrected chi connectivity index (χ2v) is 13.7. The third-order valence-corrected chi connectivity index (χ3v) is 9.60. The van der Waals surface area contributed by atoms with Gasteiger partial charge in [-0.05, 0) is 45.5 Å². The fourth-order valence-electron chi connectivity index (χ4n) is 6.62. The normalized spacial score (nSPS) is 14.6. The van der Waals surface area contributed by atoms with Gasteiger partial charge in [0.05, 0.1) is 6.61 Å². The highest BCUT2D eigenvalue weighted by atomic mass is 16.6. The average molecular weight is 755 g/mol. The molecule has 284 valence electrons. The van der Waals surface area contributed by atoms with E-state index in [-0.39, 0.29) is 19.0 Å². The van der Waals surface area contributed by atoms with Crippen molar-refractivity contribution in [1.82, 2.24) is 0 Å². The Labute approximate surface area is 333 Å². The molecule has 7 heteroatoms. The van der Waals surface area contributed by atoms with Crippen LogP contribution in [-0.2, 0) is 37.8 Å². The molecule has 0 fully saturated rings. The van der Waals surface area contributed by atoms with Gasteiger partial charge in [-0.3, -0.25) is 4.79 Å². The fraction of sp³-hybridized carbons (Fsp3) is 0.140. The summed E-state index contributed by atoms with van der Waals surface area (Å²) in [5.74, 6) is 2.03. The van der Waals surface area contributed by atoms with Gasteiger partial charge in [0.2, 0.25) is 5.78 Å². The van der Waals surface area contributed by atoms with Crippen LogP contribution >= 0.6 is 0 Å². The van der Waals surface area contributed by atoms with Crippen LogP contribution in [0.25, 0.3) is 0 Å².